The zero-order chi connectivity index (χ0) is 14.0. The van der Waals surface area contributed by atoms with E-state index in [1.807, 2.05) is 25.2 Å². The Labute approximate surface area is 112 Å². The molecule has 0 saturated heterocycles. The van der Waals surface area contributed by atoms with Gasteiger partial charge in [0.1, 0.15) is 5.82 Å². The molecule has 1 aromatic heterocycles. The molecule has 2 aromatic rings. The van der Waals surface area contributed by atoms with Crippen LogP contribution >= 0.6 is 0 Å². The SMILES string of the molecule is CCc1ccc(OC)c(OC)c1-c1cc(N)n(C)n1. The Morgan fingerprint density at radius 1 is 1.26 bits per heavy atom. The van der Waals surface area contributed by atoms with Gasteiger partial charge in [-0.05, 0) is 18.1 Å². The highest BCUT2D eigenvalue weighted by atomic mass is 16.5. The quantitative estimate of drug-likeness (QED) is 0.917. The average molecular weight is 261 g/mol. The van der Waals surface area contributed by atoms with E-state index < -0.39 is 0 Å². The van der Waals surface area contributed by atoms with E-state index in [0.717, 1.165) is 23.2 Å². The molecule has 0 radical (unpaired) electrons. The lowest BCUT2D eigenvalue weighted by Crippen LogP contribution is -1.99. The van der Waals surface area contributed by atoms with Crippen molar-refractivity contribution in [3.8, 4) is 22.8 Å². The van der Waals surface area contributed by atoms with Crippen molar-refractivity contribution in [3.05, 3.63) is 23.8 Å². The van der Waals surface area contributed by atoms with Gasteiger partial charge in [-0.2, -0.15) is 5.10 Å². The van der Waals surface area contributed by atoms with E-state index in [9.17, 15) is 0 Å². The summed E-state index contributed by atoms with van der Waals surface area (Å²) in [6.45, 7) is 2.09. The molecule has 0 amide bonds. The van der Waals surface area contributed by atoms with Crippen LogP contribution in [0.15, 0.2) is 18.2 Å². The molecular formula is C14H19N3O2. The van der Waals surface area contributed by atoms with Gasteiger partial charge in [-0.3, -0.25) is 4.68 Å². The number of nitrogens with zero attached hydrogens (tertiary/aromatic N) is 2. The number of nitrogens with two attached hydrogens (primary N) is 1. The van der Waals surface area contributed by atoms with E-state index in [1.54, 1.807) is 18.9 Å². The summed E-state index contributed by atoms with van der Waals surface area (Å²) < 4.78 is 12.5. The molecule has 0 unspecified atom stereocenters. The number of anilines is 1. The van der Waals surface area contributed by atoms with Crippen LogP contribution in [-0.2, 0) is 13.5 Å². The van der Waals surface area contributed by atoms with Crippen LogP contribution in [0.3, 0.4) is 0 Å². The topological polar surface area (TPSA) is 62.3 Å². The fourth-order valence-electron chi connectivity index (χ4n) is 2.15. The summed E-state index contributed by atoms with van der Waals surface area (Å²) in [5.41, 5.74) is 8.75. The maximum absolute atomic E-state index is 5.86. The first kappa shape index (κ1) is 13.3. The van der Waals surface area contributed by atoms with Crippen molar-refractivity contribution in [1.29, 1.82) is 0 Å². The summed E-state index contributed by atoms with van der Waals surface area (Å²) in [6.07, 6.45) is 0.881. The fraction of sp³-hybridized carbons (Fsp3) is 0.357. The minimum atomic E-state index is 0.613. The Balaban J connectivity index is 2.71. The number of ether oxygens (including phenoxy) is 2. The highest BCUT2D eigenvalue weighted by Gasteiger charge is 2.18. The maximum atomic E-state index is 5.86. The van der Waals surface area contributed by atoms with Crippen LogP contribution in [0.5, 0.6) is 11.5 Å². The lowest BCUT2D eigenvalue weighted by molar-refractivity contribution is 0.355. The summed E-state index contributed by atoms with van der Waals surface area (Å²) in [5, 5.41) is 4.43. The number of rotatable bonds is 4. The first-order chi connectivity index (χ1) is 9.12. The van der Waals surface area contributed by atoms with Gasteiger partial charge in [0.25, 0.3) is 0 Å². The Hall–Kier alpha value is -2.17. The van der Waals surface area contributed by atoms with Gasteiger partial charge in [0, 0.05) is 13.1 Å². The number of hydrogen-bond acceptors (Lipinski definition) is 4. The minimum Gasteiger partial charge on any atom is -0.493 e. The van der Waals surface area contributed by atoms with Gasteiger partial charge in [0.05, 0.1) is 25.5 Å². The molecule has 2 rings (SSSR count). The highest BCUT2D eigenvalue weighted by Crippen LogP contribution is 2.40. The van der Waals surface area contributed by atoms with Crippen molar-refractivity contribution in [3.63, 3.8) is 0 Å². The van der Waals surface area contributed by atoms with Gasteiger partial charge in [-0.15, -0.1) is 0 Å². The molecule has 0 aliphatic rings. The van der Waals surface area contributed by atoms with Crippen molar-refractivity contribution in [2.24, 2.45) is 7.05 Å². The van der Waals surface area contributed by atoms with Crippen LogP contribution in [0.25, 0.3) is 11.3 Å². The van der Waals surface area contributed by atoms with Gasteiger partial charge < -0.3 is 15.2 Å². The molecule has 0 fully saturated rings. The second-order valence-electron chi connectivity index (χ2n) is 4.27. The standard InChI is InChI=1S/C14H19N3O2/c1-5-9-6-7-11(18-3)14(19-4)13(9)10-8-12(15)17(2)16-10/h6-8H,5,15H2,1-4H3. The number of nitrogen functional groups attached to an aromatic ring is 1. The normalized spacial score (nSPS) is 10.5. The Kier molecular flexibility index (Phi) is 3.64. The molecule has 5 nitrogen and oxygen atoms in total. The van der Waals surface area contributed by atoms with Gasteiger partial charge in [-0.1, -0.05) is 13.0 Å². The van der Waals surface area contributed by atoms with Crippen molar-refractivity contribution in [2.75, 3.05) is 20.0 Å². The third-order valence-corrected chi connectivity index (χ3v) is 3.18. The predicted molar refractivity (Wildman–Crippen MR) is 75.5 cm³/mol. The van der Waals surface area contributed by atoms with Crippen molar-refractivity contribution in [2.45, 2.75) is 13.3 Å². The molecule has 19 heavy (non-hydrogen) atoms. The Morgan fingerprint density at radius 3 is 2.47 bits per heavy atom. The Morgan fingerprint density at radius 2 is 2.00 bits per heavy atom. The van der Waals surface area contributed by atoms with Crippen molar-refractivity contribution < 1.29 is 9.47 Å². The van der Waals surface area contributed by atoms with Crippen LogP contribution in [-0.4, -0.2) is 24.0 Å². The molecule has 1 aromatic carbocycles. The molecule has 5 heteroatoms. The third-order valence-electron chi connectivity index (χ3n) is 3.18. The van der Waals surface area contributed by atoms with Crippen LogP contribution < -0.4 is 15.2 Å². The summed E-state index contributed by atoms with van der Waals surface area (Å²) in [6, 6.07) is 5.78. The molecule has 2 N–H and O–H groups in total. The summed E-state index contributed by atoms with van der Waals surface area (Å²) >= 11 is 0. The first-order valence-electron chi connectivity index (χ1n) is 6.16. The number of hydrogen-bond donors (Lipinski definition) is 1. The lowest BCUT2D eigenvalue weighted by atomic mass is 10.0. The number of methoxy groups -OCH3 is 2. The smallest absolute Gasteiger partial charge is 0.170 e. The second kappa shape index (κ2) is 5.22. The van der Waals surface area contributed by atoms with Gasteiger partial charge in [0.2, 0.25) is 0 Å². The molecule has 0 aliphatic carbocycles. The summed E-state index contributed by atoms with van der Waals surface area (Å²) in [4.78, 5) is 0. The fourth-order valence-corrected chi connectivity index (χ4v) is 2.15. The van der Waals surface area contributed by atoms with E-state index in [4.69, 9.17) is 15.2 Å². The zero-order valence-electron chi connectivity index (χ0n) is 11.7. The summed E-state index contributed by atoms with van der Waals surface area (Å²) in [5.74, 6) is 2.00. The van der Waals surface area contributed by atoms with Crippen LogP contribution in [0.4, 0.5) is 5.82 Å². The average Bonchev–Trinajstić information content (AvgIpc) is 2.76. The molecule has 0 atom stereocenters. The molecule has 0 spiro atoms. The van der Waals surface area contributed by atoms with Crippen LogP contribution in [0, 0.1) is 0 Å². The van der Waals surface area contributed by atoms with Gasteiger partial charge in [-0.25, -0.2) is 0 Å². The van der Waals surface area contributed by atoms with E-state index in [-0.39, 0.29) is 0 Å². The van der Waals surface area contributed by atoms with E-state index in [1.165, 1.54) is 0 Å². The van der Waals surface area contributed by atoms with Gasteiger partial charge >= 0.3 is 0 Å². The minimum absolute atomic E-state index is 0.613. The zero-order valence-corrected chi connectivity index (χ0v) is 11.7. The number of benzene rings is 1. The van der Waals surface area contributed by atoms with Crippen molar-refractivity contribution >= 4 is 5.82 Å². The molecule has 102 valence electrons. The molecule has 1 heterocycles. The largest absolute Gasteiger partial charge is 0.493 e. The van der Waals surface area contributed by atoms with Crippen molar-refractivity contribution in [1.82, 2.24) is 9.78 Å². The van der Waals surface area contributed by atoms with Crippen LogP contribution in [0.2, 0.25) is 0 Å². The monoisotopic (exact) mass is 261 g/mol. The lowest BCUT2D eigenvalue weighted by Gasteiger charge is -2.14. The maximum Gasteiger partial charge on any atom is 0.170 e. The third kappa shape index (κ3) is 2.23. The van der Waals surface area contributed by atoms with E-state index in [0.29, 0.717) is 17.3 Å². The number of aryl methyl sites for hydroxylation is 2. The second-order valence-corrected chi connectivity index (χ2v) is 4.27. The Bertz CT molecular complexity index is 571. The first-order valence-corrected chi connectivity index (χ1v) is 6.16. The highest BCUT2D eigenvalue weighted by molar-refractivity contribution is 5.76. The van der Waals surface area contributed by atoms with E-state index in [2.05, 4.69) is 12.0 Å². The van der Waals surface area contributed by atoms with E-state index >= 15 is 0 Å². The number of aromatic nitrogens is 2. The van der Waals surface area contributed by atoms with Crippen LogP contribution in [0.1, 0.15) is 12.5 Å². The predicted octanol–water partition coefficient (Wildman–Crippen LogP) is 2.25. The molecule has 0 bridgehead atoms. The summed E-state index contributed by atoms with van der Waals surface area (Å²) in [7, 11) is 5.07. The molecule has 0 saturated carbocycles. The van der Waals surface area contributed by atoms with Gasteiger partial charge in [0.15, 0.2) is 11.5 Å². The molecule has 0 aliphatic heterocycles. The molecular weight excluding hydrogens is 242 g/mol.